The van der Waals surface area contributed by atoms with Crippen molar-refractivity contribution in [3.05, 3.63) is 46.9 Å². The molecule has 1 heterocycles. The monoisotopic (exact) mass is 403 g/mol. The van der Waals surface area contributed by atoms with Crippen LogP contribution in [0.4, 0.5) is 4.79 Å². The third-order valence-corrected chi connectivity index (χ3v) is 6.83. The van der Waals surface area contributed by atoms with Crippen LogP contribution < -0.4 is 5.32 Å². The van der Waals surface area contributed by atoms with Crippen LogP contribution in [0.25, 0.3) is 16.8 Å². The first-order chi connectivity index (χ1) is 13.3. The maximum atomic E-state index is 12.8. The molecule has 0 bridgehead atoms. The standard InChI is InChI=1S/C20H21NO6S/c1-3-12(2)18(19(22)23)21-20(24)27-11-14-10-16-15-7-5-4-6-13(15)8-9-17(16)28(14,25)26/h4-10,12,18H,3,11H2,1-2H3,(H,21,24)(H,22,23)/t12-,18-/m0/s1. The van der Waals surface area contributed by atoms with E-state index in [1.165, 1.54) is 6.08 Å². The van der Waals surface area contributed by atoms with E-state index < -0.39 is 34.5 Å². The van der Waals surface area contributed by atoms with E-state index in [0.717, 1.165) is 10.8 Å². The number of amides is 1. The Morgan fingerprint density at radius 2 is 1.89 bits per heavy atom. The molecule has 28 heavy (non-hydrogen) atoms. The lowest BCUT2D eigenvalue weighted by molar-refractivity contribution is -0.140. The number of fused-ring (bicyclic) bond motifs is 3. The fourth-order valence-electron chi connectivity index (χ4n) is 3.15. The van der Waals surface area contributed by atoms with Gasteiger partial charge < -0.3 is 15.2 Å². The molecule has 0 aromatic heterocycles. The maximum absolute atomic E-state index is 12.8. The van der Waals surface area contributed by atoms with Crippen LogP contribution in [0.1, 0.15) is 25.8 Å². The third-order valence-electron chi connectivity index (χ3n) is 4.97. The first-order valence-corrected chi connectivity index (χ1v) is 10.4. The molecule has 8 heteroatoms. The summed E-state index contributed by atoms with van der Waals surface area (Å²) in [6, 6.07) is 9.59. The molecular weight excluding hydrogens is 382 g/mol. The van der Waals surface area contributed by atoms with Crippen molar-refractivity contribution in [2.75, 3.05) is 6.61 Å². The van der Waals surface area contributed by atoms with E-state index in [1.54, 1.807) is 19.1 Å². The van der Waals surface area contributed by atoms with Gasteiger partial charge in [-0.15, -0.1) is 0 Å². The molecule has 0 spiro atoms. The van der Waals surface area contributed by atoms with Crippen LogP contribution >= 0.6 is 0 Å². The molecule has 2 N–H and O–H groups in total. The third kappa shape index (κ3) is 3.60. The minimum absolute atomic E-state index is 0.0376. The summed E-state index contributed by atoms with van der Waals surface area (Å²) in [5, 5.41) is 13.2. The topological polar surface area (TPSA) is 110 Å². The molecule has 0 saturated carbocycles. The van der Waals surface area contributed by atoms with Gasteiger partial charge in [0, 0.05) is 5.56 Å². The van der Waals surface area contributed by atoms with Crippen molar-refractivity contribution in [3.8, 4) is 0 Å². The SMILES string of the molecule is CC[C@H](C)[C@H](NC(=O)OCC1=Cc2c(ccc3ccccc23)S1(=O)=O)C(=O)O. The second-order valence-electron chi connectivity index (χ2n) is 6.73. The summed E-state index contributed by atoms with van der Waals surface area (Å²) in [7, 11) is -3.76. The van der Waals surface area contributed by atoms with Crippen molar-refractivity contribution in [2.45, 2.75) is 31.2 Å². The lowest BCUT2D eigenvalue weighted by Crippen LogP contribution is -2.45. The van der Waals surface area contributed by atoms with Gasteiger partial charge >= 0.3 is 12.1 Å². The summed E-state index contributed by atoms with van der Waals surface area (Å²) in [6.45, 7) is 3.04. The number of benzene rings is 2. The van der Waals surface area contributed by atoms with Gasteiger partial charge in [0.1, 0.15) is 12.6 Å². The normalized spacial score (nSPS) is 16.7. The van der Waals surface area contributed by atoms with Gasteiger partial charge in [0.2, 0.25) is 9.84 Å². The Morgan fingerprint density at radius 3 is 2.57 bits per heavy atom. The number of hydrogen-bond acceptors (Lipinski definition) is 5. The van der Waals surface area contributed by atoms with Crippen molar-refractivity contribution in [1.82, 2.24) is 5.32 Å². The van der Waals surface area contributed by atoms with Gasteiger partial charge in [0.25, 0.3) is 0 Å². The summed E-state index contributed by atoms with van der Waals surface area (Å²) in [5.41, 5.74) is 0.570. The van der Waals surface area contributed by atoms with Crippen LogP contribution in [0.5, 0.6) is 0 Å². The summed E-state index contributed by atoms with van der Waals surface area (Å²) in [5.74, 6) is -1.46. The minimum atomic E-state index is -3.76. The number of carbonyl (C=O) groups is 2. The molecule has 1 amide bonds. The Hall–Kier alpha value is -2.87. The molecule has 2 atom stereocenters. The van der Waals surface area contributed by atoms with Gasteiger partial charge in [-0.05, 0) is 28.8 Å². The average molecular weight is 403 g/mol. The summed E-state index contributed by atoms with van der Waals surface area (Å²) >= 11 is 0. The van der Waals surface area contributed by atoms with Gasteiger partial charge in [0.15, 0.2) is 0 Å². The number of sulfone groups is 1. The molecule has 0 fully saturated rings. The van der Waals surface area contributed by atoms with Crippen molar-refractivity contribution in [2.24, 2.45) is 5.92 Å². The maximum Gasteiger partial charge on any atom is 0.408 e. The molecule has 2 aromatic rings. The second-order valence-corrected chi connectivity index (χ2v) is 8.71. The Balaban J connectivity index is 1.78. The molecule has 2 aromatic carbocycles. The van der Waals surface area contributed by atoms with E-state index in [2.05, 4.69) is 5.32 Å². The van der Waals surface area contributed by atoms with Crippen molar-refractivity contribution in [3.63, 3.8) is 0 Å². The molecule has 0 radical (unpaired) electrons. The second kappa shape index (κ2) is 7.63. The van der Waals surface area contributed by atoms with Gasteiger partial charge in [-0.3, -0.25) is 0 Å². The van der Waals surface area contributed by atoms with E-state index in [4.69, 9.17) is 4.74 Å². The first kappa shape index (κ1) is 19.9. The van der Waals surface area contributed by atoms with Crippen molar-refractivity contribution >= 4 is 38.7 Å². The zero-order chi connectivity index (χ0) is 20.5. The zero-order valence-corrected chi connectivity index (χ0v) is 16.3. The number of alkyl carbamates (subject to hydrolysis) is 1. The highest BCUT2D eigenvalue weighted by Crippen LogP contribution is 2.37. The average Bonchev–Trinajstić information content (AvgIpc) is 2.94. The van der Waals surface area contributed by atoms with E-state index in [0.29, 0.717) is 12.0 Å². The highest BCUT2D eigenvalue weighted by atomic mass is 32.2. The number of carboxylic acid groups (broad SMARTS) is 1. The predicted molar refractivity (Wildman–Crippen MR) is 104 cm³/mol. The number of hydrogen-bond donors (Lipinski definition) is 2. The molecule has 148 valence electrons. The Kier molecular flexibility index (Phi) is 5.42. The Morgan fingerprint density at radius 1 is 1.18 bits per heavy atom. The van der Waals surface area contributed by atoms with E-state index in [1.807, 2.05) is 31.2 Å². The van der Waals surface area contributed by atoms with Crippen LogP contribution in [0.2, 0.25) is 0 Å². The van der Waals surface area contributed by atoms with Crippen LogP contribution in [-0.4, -0.2) is 38.2 Å². The van der Waals surface area contributed by atoms with Gasteiger partial charge in [-0.25, -0.2) is 18.0 Å². The fraction of sp³-hybridized carbons (Fsp3) is 0.300. The molecule has 1 aliphatic heterocycles. The fourth-order valence-corrected chi connectivity index (χ4v) is 4.62. The van der Waals surface area contributed by atoms with Crippen LogP contribution in [0, 0.1) is 5.92 Å². The van der Waals surface area contributed by atoms with Crippen molar-refractivity contribution < 1.29 is 27.9 Å². The number of aliphatic carboxylic acids is 1. The predicted octanol–water partition coefficient (Wildman–Crippen LogP) is 3.19. The van der Waals surface area contributed by atoms with E-state index in [9.17, 15) is 23.1 Å². The number of carboxylic acids is 1. The summed E-state index contributed by atoms with van der Waals surface area (Å²) in [6.07, 6.45) is 1.09. The molecule has 3 rings (SSSR count). The number of rotatable bonds is 6. The quantitative estimate of drug-likeness (QED) is 0.766. The molecule has 1 aliphatic rings. The lowest BCUT2D eigenvalue weighted by atomic mass is 10.00. The van der Waals surface area contributed by atoms with Crippen LogP contribution in [0.3, 0.4) is 0 Å². The van der Waals surface area contributed by atoms with Gasteiger partial charge in [0.05, 0.1) is 9.80 Å². The minimum Gasteiger partial charge on any atom is -0.480 e. The molecule has 7 nitrogen and oxygen atoms in total. The van der Waals surface area contributed by atoms with Crippen LogP contribution in [0.15, 0.2) is 46.2 Å². The zero-order valence-electron chi connectivity index (χ0n) is 15.5. The summed E-state index contributed by atoms with van der Waals surface area (Å²) in [4.78, 5) is 23.4. The number of carbonyl (C=O) groups excluding carboxylic acids is 1. The number of nitrogens with one attached hydrogen (secondary N) is 1. The van der Waals surface area contributed by atoms with Gasteiger partial charge in [-0.2, -0.15) is 0 Å². The molecule has 0 aliphatic carbocycles. The van der Waals surface area contributed by atoms with Gasteiger partial charge in [-0.1, -0.05) is 50.6 Å². The largest absolute Gasteiger partial charge is 0.480 e. The lowest BCUT2D eigenvalue weighted by Gasteiger charge is -2.19. The molecule has 0 unspecified atom stereocenters. The van der Waals surface area contributed by atoms with E-state index >= 15 is 0 Å². The smallest absolute Gasteiger partial charge is 0.408 e. The highest BCUT2D eigenvalue weighted by Gasteiger charge is 2.32. The summed E-state index contributed by atoms with van der Waals surface area (Å²) < 4.78 is 30.5. The Bertz CT molecular complexity index is 1070. The molecule has 0 saturated heterocycles. The molecular formula is C20H21NO6S. The van der Waals surface area contributed by atoms with E-state index in [-0.39, 0.29) is 15.7 Å². The van der Waals surface area contributed by atoms with Crippen molar-refractivity contribution in [1.29, 1.82) is 0 Å². The first-order valence-electron chi connectivity index (χ1n) is 8.89. The number of ether oxygens (including phenoxy) is 1. The van der Waals surface area contributed by atoms with Crippen LogP contribution in [-0.2, 0) is 19.4 Å². The Labute approximate surface area is 162 Å². The highest BCUT2D eigenvalue weighted by molar-refractivity contribution is 7.95.